The van der Waals surface area contributed by atoms with Gasteiger partial charge in [0.25, 0.3) is 0 Å². The Morgan fingerprint density at radius 2 is 1.95 bits per heavy atom. The first kappa shape index (κ1) is 15.0. The molecule has 1 N–H and O–H groups in total. The largest absolute Gasteiger partial charge is 0.381 e. The molecule has 0 aliphatic carbocycles. The van der Waals surface area contributed by atoms with E-state index in [9.17, 15) is 0 Å². The lowest BCUT2D eigenvalue weighted by Crippen LogP contribution is -2.44. The maximum atomic E-state index is 5.74. The minimum Gasteiger partial charge on any atom is -0.381 e. The topological polar surface area (TPSA) is 24.5 Å². The number of hydrogen-bond acceptors (Lipinski definition) is 3. The molecule has 0 bridgehead atoms. The minimum atomic E-state index is 0.303. The van der Waals surface area contributed by atoms with E-state index in [2.05, 4.69) is 48.3 Å². The van der Waals surface area contributed by atoms with E-state index in [1.165, 1.54) is 17.5 Å². The standard InChI is InChI=1S/C18H28N2O/c1-15(2)9-19-12-18(7-8-21-14-18)13-20-10-16-5-3-4-6-17(16)11-20/h3-6,15,19H,7-14H2,1-2H3. The van der Waals surface area contributed by atoms with Crippen molar-refractivity contribution >= 4 is 0 Å². The van der Waals surface area contributed by atoms with Crippen LogP contribution in [0.2, 0.25) is 0 Å². The third-order valence-corrected chi connectivity index (χ3v) is 4.70. The minimum absolute atomic E-state index is 0.303. The van der Waals surface area contributed by atoms with Gasteiger partial charge in [-0.1, -0.05) is 38.1 Å². The van der Waals surface area contributed by atoms with E-state index in [1.807, 2.05) is 0 Å². The normalized spacial score (nSPS) is 25.7. The molecule has 2 aliphatic rings. The molecule has 116 valence electrons. The van der Waals surface area contributed by atoms with Gasteiger partial charge in [-0.25, -0.2) is 0 Å². The van der Waals surface area contributed by atoms with Crippen molar-refractivity contribution in [2.24, 2.45) is 11.3 Å². The quantitative estimate of drug-likeness (QED) is 0.871. The monoisotopic (exact) mass is 288 g/mol. The van der Waals surface area contributed by atoms with Crippen molar-refractivity contribution in [3.8, 4) is 0 Å². The van der Waals surface area contributed by atoms with Crippen molar-refractivity contribution in [3.63, 3.8) is 0 Å². The third kappa shape index (κ3) is 3.65. The second kappa shape index (κ2) is 6.47. The Balaban J connectivity index is 1.59. The summed E-state index contributed by atoms with van der Waals surface area (Å²) in [5.41, 5.74) is 3.31. The molecule has 1 saturated heterocycles. The van der Waals surface area contributed by atoms with Gasteiger partial charge in [0.2, 0.25) is 0 Å². The van der Waals surface area contributed by atoms with E-state index in [1.54, 1.807) is 0 Å². The van der Waals surface area contributed by atoms with Gasteiger partial charge in [0, 0.05) is 38.2 Å². The van der Waals surface area contributed by atoms with Crippen LogP contribution >= 0.6 is 0 Å². The van der Waals surface area contributed by atoms with Gasteiger partial charge in [-0.3, -0.25) is 4.90 Å². The SMILES string of the molecule is CC(C)CNCC1(CN2Cc3ccccc3C2)CCOC1. The van der Waals surface area contributed by atoms with Crippen molar-refractivity contribution in [2.45, 2.75) is 33.4 Å². The fourth-order valence-electron chi connectivity index (χ4n) is 3.59. The van der Waals surface area contributed by atoms with Gasteiger partial charge in [0.05, 0.1) is 6.61 Å². The van der Waals surface area contributed by atoms with Gasteiger partial charge in [0.1, 0.15) is 0 Å². The number of benzene rings is 1. The summed E-state index contributed by atoms with van der Waals surface area (Å²) in [5, 5.41) is 3.66. The first-order valence-electron chi connectivity index (χ1n) is 8.24. The molecule has 21 heavy (non-hydrogen) atoms. The predicted molar refractivity (Wildman–Crippen MR) is 86.1 cm³/mol. The Morgan fingerprint density at radius 1 is 1.24 bits per heavy atom. The zero-order valence-electron chi connectivity index (χ0n) is 13.4. The summed E-state index contributed by atoms with van der Waals surface area (Å²) in [6, 6.07) is 8.84. The number of hydrogen-bond donors (Lipinski definition) is 1. The van der Waals surface area contributed by atoms with Crippen LogP contribution in [0.4, 0.5) is 0 Å². The molecule has 2 heterocycles. The fourth-order valence-corrected chi connectivity index (χ4v) is 3.59. The van der Waals surface area contributed by atoms with Crippen LogP contribution in [0.3, 0.4) is 0 Å². The number of fused-ring (bicyclic) bond motifs is 1. The summed E-state index contributed by atoms with van der Waals surface area (Å²) in [4.78, 5) is 2.59. The number of nitrogens with zero attached hydrogens (tertiary/aromatic N) is 1. The van der Waals surface area contributed by atoms with Crippen molar-refractivity contribution < 1.29 is 4.74 Å². The lowest BCUT2D eigenvalue weighted by Gasteiger charge is -2.32. The summed E-state index contributed by atoms with van der Waals surface area (Å²) in [6.07, 6.45) is 1.19. The molecule has 2 aliphatic heterocycles. The maximum Gasteiger partial charge on any atom is 0.0547 e. The van der Waals surface area contributed by atoms with E-state index >= 15 is 0 Å². The summed E-state index contributed by atoms with van der Waals surface area (Å²) in [5.74, 6) is 0.709. The third-order valence-electron chi connectivity index (χ3n) is 4.70. The van der Waals surface area contributed by atoms with Gasteiger partial charge < -0.3 is 10.1 Å². The molecule has 0 saturated carbocycles. The molecule has 0 radical (unpaired) electrons. The molecule has 0 spiro atoms. The van der Waals surface area contributed by atoms with Crippen molar-refractivity contribution in [1.82, 2.24) is 10.2 Å². The number of ether oxygens (including phenoxy) is 1. The van der Waals surface area contributed by atoms with Gasteiger partial charge >= 0.3 is 0 Å². The van der Waals surface area contributed by atoms with Gasteiger partial charge in [-0.15, -0.1) is 0 Å². The number of rotatable bonds is 6. The van der Waals surface area contributed by atoms with Crippen LogP contribution in [0, 0.1) is 11.3 Å². The summed E-state index contributed by atoms with van der Waals surface area (Å²) in [6.45, 7) is 11.9. The Hall–Kier alpha value is -0.900. The average molecular weight is 288 g/mol. The van der Waals surface area contributed by atoms with Crippen LogP contribution in [-0.4, -0.2) is 37.7 Å². The lowest BCUT2D eigenvalue weighted by molar-refractivity contribution is 0.107. The molecular weight excluding hydrogens is 260 g/mol. The van der Waals surface area contributed by atoms with Crippen LogP contribution in [0.5, 0.6) is 0 Å². The molecule has 0 aromatic heterocycles. The van der Waals surface area contributed by atoms with Gasteiger partial charge in [-0.05, 0) is 30.0 Å². The van der Waals surface area contributed by atoms with E-state index < -0.39 is 0 Å². The molecule has 1 unspecified atom stereocenters. The first-order chi connectivity index (χ1) is 10.2. The van der Waals surface area contributed by atoms with E-state index in [-0.39, 0.29) is 0 Å². The molecule has 3 rings (SSSR count). The lowest BCUT2D eigenvalue weighted by atomic mass is 9.86. The summed E-state index contributed by atoms with van der Waals surface area (Å²) >= 11 is 0. The van der Waals surface area contributed by atoms with Crippen LogP contribution in [0.1, 0.15) is 31.4 Å². The average Bonchev–Trinajstić information content (AvgIpc) is 3.05. The smallest absolute Gasteiger partial charge is 0.0547 e. The van der Waals surface area contributed by atoms with Gasteiger partial charge in [0.15, 0.2) is 0 Å². The molecular formula is C18H28N2O. The Morgan fingerprint density at radius 3 is 2.52 bits per heavy atom. The fraction of sp³-hybridized carbons (Fsp3) is 0.667. The molecule has 1 aromatic rings. The van der Waals surface area contributed by atoms with Crippen LogP contribution in [0.15, 0.2) is 24.3 Å². The predicted octanol–water partition coefficient (Wildman–Crippen LogP) is 2.65. The zero-order valence-corrected chi connectivity index (χ0v) is 13.4. The second-order valence-corrected chi connectivity index (χ2v) is 7.24. The molecule has 1 atom stereocenters. The zero-order chi connectivity index (χ0) is 14.7. The highest BCUT2D eigenvalue weighted by atomic mass is 16.5. The Labute approximate surface area is 128 Å². The van der Waals surface area contributed by atoms with E-state index in [0.717, 1.165) is 45.9 Å². The van der Waals surface area contributed by atoms with Crippen molar-refractivity contribution in [3.05, 3.63) is 35.4 Å². The van der Waals surface area contributed by atoms with Crippen molar-refractivity contribution in [2.75, 3.05) is 32.8 Å². The summed E-state index contributed by atoms with van der Waals surface area (Å²) in [7, 11) is 0. The molecule has 1 aromatic carbocycles. The van der Waals surface area contributed by atoms with Crippen LogP contribution in [-0.2, 0) is 17.8 Å². The molecule has 1 fully saturated rings. The molecule has 0 amide bonds. The molecule has 3 nitrogen and oxygen atoms in total. The van der Waals surface area contributed by atoms with E-state index in [0.29, 0.717) is 11.3 Å². The molecule has 3 heteroatoms. The maximum absolute atomic E-state index is 5.74. The van der Waals surface area contributed by atoms with Crippen LogP contribution < -0.4 is 5.32 Å². The number of nitrogens with one attached hydrogen (secondary N) is 1. The second-order valence-electron chi connectivity index (χ2n) is 7.24. The van der Waals surface area contributed by atoms with Crippen LogP contribution in [0.25, 0.3) is 0 Å². The highest BCUT2D eigenvalue weighted by Crippen LogP contribution is 2.32. The highest BCUT2D eigenvalue weighted by Gasteiger charge is 2.37. The van der Waals surface area contributed by atoms with E-state index in [4.69, 9.17) is 4.74 Å². The van der Waals surface area contributed by atoms with Crippen molar-refractivity contribution in [1.29, 1.82) is 0 Å². The first-order valence-corrected chi connectivity index (χ1v) is 8.24. The Kier molecular flexibility index (Phi) is 4.63. The Bertz CT molecular complexity index is 441. The highest BCUT2D eigenvalue weighted by molar-refractivity contribution is 5.30. The summed E-state index contributed by atoms with van der Waals surface area (Å²) < 4.78 is 5.74. The van der Waals surface area contributed by atoms with Gasteiger partial charge in [-0.2, -0.15) is 0 Å².